The SMILES string of the molecule is O=C(/C=C/c1ccc2c(c1)OCO2)c1ccc(O)cc1O. The first-order chi connectivity index (χ1) is 10.1. The third-order valence-electron chi connectivity index (χ3n) is 3.07. The molecule has 0 amide bonds. The molecule has 0 aromatic heterocycles. The summed E-state index contributed by atoms with van der Waals surface area (Å²) in [4.78, 5) is 12.0. The summed E-state index contributed by atoms with van der Waals surface area (Å²) in [5, 5.41) is 18.8. The van der Waals surface area contributed by atoms with E-state index in [4.69, 9.17) is 9.47 Å². The second-order valence-corrected chi connectivity index (χ2v) is 4.51. The van der Waals surface area contributed by atoms with Gasteiger partial charge in [-0.15, -0.1) is 0 Å². The minimum atomic E-state index is -0.356. The van der Waals surface area contributed by atoms with Gasteiger partial charge >= 0.3 is 0 Å². The van der Waals surface area contributed by atoms with Crippen molar-refractivity contribution in [1.82, 2.24) is 0 Å². The average molecular weight is 284 g/mol. The molecule has 0 spiro atoms. The number of fused-ring (bicyclic) bond motifs is 1. The number of benzene rings is 2. The third-order valence-corrected chi connectivity index (χ3v) is 3.07. The first-order valence-corrected chi connectivity index (χ1v) is 6.27. The minimum absolute atomic E-state index is 0.0937. The number of ether oxygens (including phenoxy) is 2. The number of hydrogen-bond donors (Lipinski definition) is 2. The first-order valence-electron chi connectivity index (χ1n) is 6.27. The van der Waals surface area contributed by atoms with E-state index >= 15 is 0 Å². The van der Waals surface area contributed by atoms with Gasteiger partial charge in [0, 0.05) is 6.07 Å². The van der Waals surface area contributed by atoms with Gasteiger partial charge < -0.3 is 19.7 Å². The minimum Gasteiger partial charge on any atom is -0.508 e. The number of rotatable bonds is 3. The zero-order valence-electron chi connectivity index (χ0n) is 10.9. The number of aromatic hydroxyl groups is 2. The summed E-state index contributed by atoms with van der Waals surface area (Å²) in [6.45, 7) is 0.197. The molecule has 0 unspecified atom stereocenters. The van der Waals surface area contributed by atoms with Crippen LogP contribution >= 0.6 is 0 Å². The number of hydrogen-bond acceptors (Lipinski definition) is 5. The lowest BCUT2D eigenvalue weighted by molar-refractivity contribution is 0.104. The van der Waals surface area contributed by atoms with Gasteiger partial charge in [-0.25, -0.2) is 0 Å². The molecule has 0 fully saturated rings. The maximum absolute atomic E-state index is 12.0. The quantitative estimate of drug-likeness (QED) is 0.669. The maximum Gasteiger partial charge on any atom is 0.231 e. The molecule has 0 saturated heterocycles. The van der Waals surface area contributed by atoms with Gasteiger partial charge in [0.2, 0.25) is 6.79 Å². The van der Waals surface area contributed by atoms with Crippen LogP contribution in [0.4, 0.5) is 0 Å². The van der Waals surface area contributed by atoms with Crippen LogP contribution in [0.15, 0.2) is 42.5 Å². The van der Waals surface area contributed by atoms with Gasteiger partial charge in [0.1, 0.15) is 11.5 Å². The lowest BCUT2D eigenvalue weighted by Gasteiger charge is -2.01. The van der Waals surface area contributed by atoms with Gasteiger partial charge in [-0.1, -0.05) is 12.1 Å². The van der Waals surface area contributed by atoms with Gasteiger partial charge in [0.25, 0.3) is 0 Å². The second kappa shape index (κ2) is 5.20. The monoisotopic (exact) mass is 284 g/mol. The number of carbonyl (C=O) groups excluding carboxylic acids is 1. The molecular formula is C16H12O5. The standard InChI is InChI=1S/C16H12O5/c17-11-3-4-12(14(19)8-11)13(18)5-1-10-2-6-15-16(7-10)21-9-20-15/h1-8,17,19H,9H2/b5-1+. The van der Waals surface area contributed by atoms with E-state index in [1.54, 1.807) is 24.3 Å². The summed E-state index contributed by atoms with van der Waals surface area (Å²) in [6, 6.07) is 9.18. The summed E-state index contributed by atoms with van der Waals surface area (Å²) in [7, 11) is 0. The normalized spacial score (nSPS) is 12.8. The molecule has 1 heterocycles. The molecule has 5 nitrogen and oxygen atoms in total. The van der Waals surface area contributed by atoms with E-state index in [0.29, 0.717) is 11.5 Å². The number of allylic oxidation sites excluding steroid dienone is 1. The molecule has 3 rings (SSSR count). The second-order valence-electron chi connectivity index (χ2n) is 4.51. The highest BCUT2D eigenvalue weighted by atomic mass is 16.7. The lowest BCUT2D eigenvalue weighted by atomic mass is 10.1. The summed E-state index contributed by atoms with van der Waals surface area (Å²) in [5.41, 5.74) is 0.913. The molecular weight excluding hydrogens is 272 g/mol. The molecule has 106 valence electrons. The number of carbonyl (C=O) groups is 1. The fourth-order valence-corrected chi connectivity index (χ4v) is 2.01. The van der Waals surface area contributed by atoms with Crippen LogP contribution in [0, 0.1) is 0 Å². The average Bonchev–Trinajstić information content (AvgIpc) is 2.92. The van der Waals surface area contributed by atoms with E-state index in [1.807, 2.05) is 0 Å². The molecule has 2 N–H and O–H groups in total. The summed E-state index contributed by atoms with van der Waals surface area (Å²) >= 11 is 0. The van der Waals surface area contributed by atoms with Gasteiger partial charge in [-0.3, -0.25) is 4.79 Å². The molecule has 0 aliphatic carbocycles. The topological polar surface area (TPSA) is 76.0 Å². The molecule has 2 aromatic rings. The van der Waals surface area contributed by atoms with Gasteiger partial charge in [0.15, 0.2) is 17.3 Å². The first kappa shape index (κ1) is 13.1. The highest BCUT2D eigenvalue weighted by Crippen LogP contribution is 2.33. The molecule has 5 heteroatoms. The summed E-state index contributed by atoms with van der Waals surface area (Å²) in [5.74, 6) is 0.607. The molecule has 1 aliphatic rings. The van der Waals surface area contributed by atoms with Crippen LogP contribution in [0.5, 0.6) is 23.0 Å². The predicted octanol–water partition coefficient (Wildman–Crippen LogP) is 2.72. The van der Waals surface area contributed by atoms with Crippen LogP contribution in [0.25, 0.3) is 6.08 Å². The molecule has 0 radical (unpaired) electrons. The van der Waals surface area contributed by atoms with E-state index < -0.39 is 0 Å². The molecule has 0 saturated carbocycles. The van der Waals surface area contributed by atoms with Gasteiger partial charge in [-0.2, -0.15) is 0 Å². The zero-order valence-corrected chi connectivity index (χ0v) is 10.9. The van der Waals surface area contributed by atoms with Crippen molar-refractivity contribution in [3.8, 4) is 23.0 Å². The highest BCUT2D eigenvalue weighted by molar-refractivity contribution is 6.08. The molecule has 21 heavy (non-hydrogen) atoms. The maximum atomic E-state index is 12.0. The van der Waals surface area contributed by atoms with Crippen LogP contribution in [0.2, 0.25) is 0 Å². The van der Waals surface area contributed by atoms with Gasteiger partial charge in [0.05, 0.1) is 5.56 Å². The Morgan fingerprint density at radius 3 is 2.67 bits per heavy atom. The predicted molar refractivity (Wildman–Crippen MR) is 75.7 cm³/mol. The molecule has 2 aromatic carbocycles. The third kappa shape index (κ3) is 2.67. The van der Waals surface area contributed by atoms with Crippen LogP contribution in [0.1, 0.15) is 15.9 Å². The Labute approximate surface area is 120 Å². The van der Waals surface area contributed by atoms with E-state index in [1.165, 1.54) is 18.2 Å². The molecule has 0 atom stereocenters. The van der Waals surface area contributed by atoms with E-state index in [9.17, 15) is 15.0 Å². The Hall–Kier alpha value is -2.95. The Balaban J connectivity index is 1.80. The summed E-state index contributed by atoms with van der Waals surface area (Å²) < 4.78 is 10.5. The Morgan fingerprint density at radius 2 is 1.86 bits per heavy atom. The van der Waals surface area contributed by atoms with Crippen LogP contribution in [0.3, 0.4) is 0 Å². The van der Waals surface area contributed by atoms with Crippen molar-refractivity contribution in [3.63, 3.8) is 0 Å². The van der Waals surface area contributed by atoms with Crippen molar-refractivity contribution in [1.29, 1.82) is 0 Å². The van der Waals surface area contributed by atoms with Crippen molar-refractivity contribution in [2.75, 3.05) is 6.79 Å². The highest BCUT2D eigenvalue weighted by Gasteiger charge is 2.13. The van der Waals surface area contributed by atoms with E-state index in [-0.39, 0.29) is 29.6 Å². The fraction of sp³-hybridized carbons (Fsp3) is 0.0625. The fourth-order valence-electron chi connectivity index (χ4n) is 2.01. The van der Waals surface area contributed by atoms with Crippen LogP contribution in [-0.2, 0) is 0 Å². The summed E-state index contributed by atoms with van der Waals surface area (Å²) in [6.07, 6.45) is 2.97. The largest absolute Gasteiger partial charge is 0.508 e. The zero-order chi connectivity index (χ0) is 14.8. The van der Waals surface area contributed by atoms with Crippen LogP contribution < -0.4 is 9.47 Å². The number of ketones is 1. The number of phenols is 2. The van der Waals surface area contributed by atoms with Gasteiger partial charge in [-0.05, 0) is 35.9 Å². The van der Waals surface area contributed by atoms with Crippen molar-refractivity contribution in [2.45, 2.75) is 0 Å². The van der Waals surface area contributed by atoms with Crippen molar-refractivity contribution >= 4 is 11.9 Å². The van der Waals surface area contributed by atoms with Crippen LogP contribution in [-0.4, -0.2) is 22.8 Å². The van der Waals surface area contributed by atoms with Crippen molar-refractivity contribution in [2.24, 2.45) is 0 Å². The Morgan fingerprint density at radius 1 is 1.05 bits per heavy atom. The Kier molecular flexibility index (Phi) is 3.23. The van der Waals surface area contributed by atoms with E-state index in [2.05, 4.69) is 0 Å². The molecule has 0 bridgehead atoms. The lowest BCUT2D eigenvalue weighted by Crippen LogP contribution is -1.94. The van der Waals surface area contributed by atoms with Crippen molar-refractivity contribution < 1.29 is 24.5 Å². The van der Waals surface area contributed by atoms with Crippen molar-refractivity contribution in [3.05, 3.63) is 53.6 Å². The Bertz CT molecular complexity index is 733. The smallest absolute Gasteiger partial charge is 0.231 e. The molecule has 1 aliphatic heterocycles. The number of phenolic OH excluding ortho intramolecular Hbond substituents is 2. The van der Waals surface area contributed by atoms with E-state index in [0.717, 1.165) is 11.6 Å².